The summed E-state index contributed by atoms with van der Waals surface area (Å²) in [6.45, 7) is 9.71. The fourth-order valence-corrected chi connectivity index (χ4v) is 2.95. The van der Waals surface area contributed by atoms with E-state index < -0.39 is 0 Å². The first-order valence-electron chi connectivity index (χ1n) is 7.89. The standard InChI is InChI=1S/C15H31N3O/c1-4-18(5-2)15(16)17-12-11-14(19-6-3)13-9-7-8-10-13/h13-14H,4-12H2,1-3H3,(H2,16,17). The van der Waals surface area contributed by atoms with Gasteiger partial charge in [-0.1, -0.05) is 12.8 Å². The molecule has 0 aromatic carbocycles. The van der Waals surface area contributed by atoms with Crippen molar-refractivity contribution in [3.8, 4) is 0 Å². The van der Waals surface area contributed by atoms with E-state index in [1.165, 1.54) is 25.7 Å². The van der Waals surface area contributed by atoms with Gasteiger partial charge in [-0.05, 0) is 46.0 Å². The van der Waals surface area contributed by atoms with Crippen molar-refractivity contribution in [3.63, 3.8) is 0 Å². The van der Waals surface area contributed by atoms with Gasteiger partial charge in [0.05, 0.1) is 6.10 Å². The minimum Gasteiger partial charge on any atom is -0.378 e. The number of ether oxygens (including phenoxy) is 1. The molecule has 1 aliphatic carbocycles. The normalized spacial score (nSPS) is 18.8. The molecule has 4 nitrogen and oxygen atoms in total. The molecule has 19 heavy (non-hydrogen) atoms. The smallest absolute Gasteiger partial charge is 0.191 e. The molecule has 1 aliphatic rings. The molecule has 0 amide bonds. The molecular weight excluding hydrogens is 238 g/mol. The summed E-state index contributed by atoms with van der Waals surface area (Å²) in [5.41, 5.74) is 5.99. The van der Waals surface area contributed by atoms with Gasteiger partial charge >= 0.3 is 0 Å². The summed E-state index contributed by atoms with van der Waals surface area (Å²) < 4.78 is 5.90. The molecule has 1 saturated carbocycles. The fraction of sp³-hybridized carbons (Fsp3) is 0.933. The Morgan fingerprint density at radius 3 is 2.42 bits per heavy atom. The lowest BCUT2D eigenvalue weighted by molar-refractivity contribution is 0.0177. The van der Waals surface area contributed by atoms with Crippen LogP contribution in [0.25, 0.3) is 0 Å². The maximum atomic E-state index is 5.99. The summed E-state index contributed by atoms with van der Waals surface area (Å²) in [4.78, 5) is 6.59. The van der Waals surface area contributed by atoms with Crippen LogP contribution < -0.4 is 5.73 Å². The van der Waals surface area contributed by atoms with Gasteiger partial charge in [0.1, 0.15) is 0 Å². The van der Waals surface area contributed by atoms with Crippen LogP contribution in [0.2, 0.25) is 0 Å². The molecule has 1 rings (SSSR count). The minimum absolute atomic E-state index is 0.376. The lowest BCUT2D eigenvalue weighted by atomic mass is 9.98. The van der Waals surface area contributed by atoms with Crippen molar-refractivity contribution in [2.75, 3.05) is 26.2 Å². The molecule has 0 heterocycles. The second-order valence-corrected chi connectivity index (χ2v) is 5.24. The van der Waals surface area contributed by atoms with Crippen LogP contribution in [-0.2, 0) is 4.74 Å². The third kappa shape index (κ3) is 5.39. The van der Waals surface area contributed by atoms with Gasteiger partial charge in [-0.3, -0.25) is 4.99 Å². The Morgan fingerprint density at radius 2 is 1.89 bits per heavy atom. The number of nitrogens with zero attached hydrogens (tertiary/aromatic N) is 2. The van der Waals surface area contributed by atoms with Gasteiger partial charge in [-0.25, -0.2) is 0 Å². The van der Waals surface area contributed by atoms with E-state index in [0.29, 0.717) is 12.1 Å². The van der Waals surface area contributed by atoms with Crippen molar-refractivity contribution >= 4 is 5.96 Å². The summed E-state index contributed by atoms with van der Waals surface area (Å²) in [6.07, 6.45) is 6.74. The molecule has 1 unspecified atom stereocenters. The first-order valence-corrected chi connectivity index (χ1v) is 7.89. The Bertz CT molecular complexity index is 258. The molecule has 0 aliphatic heterocycles. The molecule has 112 valence electrons. The first-order chi connectivity index (χ1) is 9.22. The topological polar surface area (TPSA) is 50.9 Å². The molecule has 1 fully saturated rings. The predicted octanol–water partition coefficient (Wildman–Crippen LogP) is 2.63. The molecule has 0 aromatic rings. The highest BCUT2D eigenvalue weighted by atomic mass is 16.5. The van der Waals surface area contributed by atoms with E-state index in [2.05, 4.69) is 30.7 Å². The van der Waals surface area contributed by atoms with Crippen LogP contribution in [0.3, 0.4) is 0 Å². The van der Waals surface area contributed by atoms with Crippen LogP contribution in [0.5, 0.6) is 0 Å². The summed E-state index contributed by atoms with van der Waals surface area (Å²) in [6, 6.07) is 0. The monoisotopic (exact) mass is 269 g/mol. The minimum atomic E-state index is 0.376. The number of aliphatic imine (C=N–C) groups is 1. The lowest BCUT2D eigenvalue weighted by Crippen LogP contribution is -2.37. The SMILES string of the molecule is CCOC(CCN=C(N)N(CC)CC)C1CCCC1. The molecule has 0 spiro atoms. The Kier molecular flexibility index (Phi) is 7.87. The maximum absolute atomic E-state index is 5.99. The third-order valence-corrected chi connectivity index (χ3v) is 4.08. The van der Waals surface area contributed by atoms with Crippen molar-refractivity contribution in [2.45, 2.75) is 59.0 Å². The highest BCUT2D eigenvalue weighted by molar-refractivity contribution is 5.77. The highest BCUT2D eigenvalue weighted by Crippen LogP contribution is 2.30. The summed E-state index contributed by atoms with van der Waals surface area (Å²) in [5, 5.41) is 0. The van der Waals surface area contributed by atoms with Crippen LogP contribution in [0.4, 0.5) is 0 Å². The van der Waals surface area contributed by atoms with E-state index in [4.69, 9.17) is 10.5 Å². The van der Waals surface area contributed by atoms with Crippen molar-refractivity contribution < 1.29 is 4.74 Å². The predicted molar refractivity (Wildman–Crippen MR) is 81.4 cm³/mol. The van der Waals surface area contributed by atoms with E-state index in [9.17, 15) is 0 Å². The number of nitrogens with two attached hydrogens (primary N) is 1. The largest absolute Gasteiger partial charge is 0.378 e. The Morgan fingerprint density at radius 1 is 1.26 bits per heavy atom. The molecular formula is C15H31N3O. The molecule has 0 bridgehead atoms. The van der Waals surface area contributed by atoms with Crippen molar-refractivity contribution in [1.82, 2.24) is 4.90 Å². The van der Waals surface area contributed by atoms with Crippen LogP contribution >= 0.6 is 0 Å². The lowest BCUT2D eigenvalue weighted by Gasteiger charge is -2.23. The Hall–Kier alpha value is -0.770. The quantitative estimate of drug-likeness (QED) is 0.544. The van der Waals surface area contributed by atoms with E-state index in [1.54, 1.807) is 0 Å². The van der Waals surface area contributed by atoms with Crippen LogP contribution in [-0.4, -0.2) is 43.2 Å². The van der Waals surface area contributed by atoms with E-state index in [0.717, 1.165) is 38.6 Å². The number of guanidine groups is 1. The zero-order valence-electron chi connectivity index (χ0n) is 12.9. The zero-order valence-corrected chi connectivity index (χ0v) is 12.9. The Labute approximate surface area is 118 Å². The summed E-state index contributed by atoms with van der Waals surface area (Å²) in [7, 11) is 0. The molecule has 0 saturated heterocycles. The fourth-order valence-electron chi connectivity index (χ4n) is 2.95. The molecule has 0 radical (unpaired) electrons. The van der Waals surface area contributed by atoms with Gasteiger partial charge in [-0.2, -0.15) is 0 Å². The zero-order chi connectivity index (χ0) is 14.1. The van der Waals surface area contributed by atoms with Crippen molar-refractivity contribution in [1.29, 1.82) is 0 Å². The molecule has 4 heteroatoms. The van der Waals surface area contributed by atoms with Gasteiger partial charge in [0.15, 0.2) is 5.96 Å². The molecule has 2 N–H and O–H groups in total. The number of hydrogen-bond acceptors (Lipinski definition) is 2. The molecule has 1 atom stereocenters. The average Bonchev–Trinajstić information content (AvgIpc) is 2.93. The van der Waals surface area contributed by atoms with Crippen LogP contribution in [0.1, 0.15) is 52.9 Å². The first kappa shape index (κ1) is 16.3. The number of hydrogen-bond donors (Lipinski definition) is 1. The molecule has 0 aromatic heterocycles. The highest BCUT2D eigenvalue weighted by Gasteiger charge is 2.24. The van der Waals surface area contributed by atoms with Gasteiger partial charge in [-0.15, -0.1) is 0 Å². The van der Waals surface area contributed by atoms with Crippen molar-refractivity contribution in [3.05, 3.63) is 0 Å². The maximum Gasteiger partial charge on any atom is 0.191 e. The van der Waals surface area contributed by atoms with Crippen LogP contribution in [0, 0.1) is 5.92 Å². The van der Waals surface area contributed by atoms with Gasteiger partial charge in [0.2, 0.25) is 0 Å². The number of rotatable bonds is 8. The second kappa shape index (κ2) is 9.18. The van der Waals surface area contributed by atoms with Gasteiger partial charge in [0.25, 0.3) is 0 Å². The van der Waals surface area contributed by atoms with E-state index in [1.807, 2.05) is 0 Å². The summed E-state index contributed by atoms with van der Waals surface area (Å²) >= 11 is 0. The van der Waals surface area contributed by atoms with Gasteiger partial charge in [0, 0.05) is 26.2 Å². The third-order valence-electron chi connectivity index (χ3n) is 4.08. The Balaban J connectivity index is 2.40. The van der Waals surface area contributed by atoms with Gasteiger partial charge < -0.3 is 15.4 Å². The van der Waals surface area contributed by atoms with E-state index in [-0.39, 0.29) is 0 Å². The summed E-state index contributed by atoms with van der Waals surface area (Å²) in [5.74, 6) is 1.41. The van der Waals surface area contributed by atoms with E-state index >= 15 is 0 Å². The van der Waals surface area contributed by atoms with Crippen LogP contribution in [0.15, 0.2) is 4.99 Å². The average molecular weight is 269 g/mol. The second-order valence-electron chi connectivity index (χ2n) is 5.24. The van der Waals surface area contributed by atoms with Crippen molar-refractivity contribution in [2.24, 2.45) is 16.6 Å².